The molecule has 60 valence electrons. The van der Waals surface area contributed by atoms with Crippen LogP contribution in [0, 0.1) is 0 Å². The van der Waals surface area contributed by atoms with Crippen molar-refractivity contribution >= 4 is 5.82 Å². The van der Waals surface area contributed by atoms with E-state index in [1.807, 2.05) is 6.20 Å². The Morgan fingerprint density at radius 1 is 1.64 bits per heavy atom. The Bertz CT molecular complexity index is 215. The summed E-state index contributed by atoms with van der Waals surface area (Å²) in [6.45, 7) is 3.50. The van der Waals surface area contributed by atoms with Crippen LogP contribution in [0.1, 0.15) is 19.8 Å². The van der Waals surface area contributed by atoms with Crippen molar-refractivity contribution in [2.75, 3.05) is 11.4 Å². The van der Waals surface area contributed by atoms with Crippen LogP contribution in [0.5, 0.6) is 0 Å². The summed E-state index contributed by atoms with van der Waals surface area (Å²) in [6.07, 6.45) is 4.65. The summed E-state index contributed by atoms with van der Waals surface area (Å²) in [4.78, 5) is 5.67. The molecule has 1 saturated heterocycles. The lowest BCUT2D eigenvalue weighted by Gasteiger charge is -2.21. The van der Waals surface area contributed by atoms with E-state index in [0.29, 0.717) is 6.04 Å². The van der Waals surface area contributed by atoms with Crippen LogP contribution in [-0.2, 0) is 0 Å². The fraction of sp³-hybridized carbons (Fsp3) is 0.556. The van der Waals surface area contributed by atoms with E-state index in [4.69, 9.17) is 0 Å². The van der Waals surface area contributed by atoms with Gasteiger partial charge in [0.2, 0.25) is 0 Å². The van der Waals surface area contributed by atoms with Crippen molar-refractivity contribution in [1.82, 2.24) is 4.98 Å². The van der Waals surface area contributed by atoms with Gasteiger partial charge in [-0.1, -0.05) is 0 Å². The largest absolute Gasteiger partial charge is 0.355 e. The maximum atomic E-state index is 3.24. The highest BCUT2D eigenvalue weighted by Gasteiger charge is 2.20. The van der Waals surface area contributed by atoms with Gasteiger partial charge in [0.25, 0.3) is 0 Å². The molecule has 2 heteroatoms. The average Bonchev–Trinajstić information content (AvgIpc) is 2.55. The van der Waals surface area contributed by atoms with Crippen molar-refractivity contribution in [1.29, 1.82) is 0 Å². The van der Waals surface area contributed by atoms with E-state index in [1.165, 1.54) is 25.2 Å². The van der Waals surface area contributed by atoms with Crippen LogP contribution in [0.2, 0.25) is 0 Å². The topological polar surface area (TPSA) is 19.0 Å². The molecule has 1 aliphatic heterocycles. The molecule has 0 bridgehead atoms. The van der Waals surface area contributed by atoms with Crippen molar-refractivity contribution < 1.29 is 0 Å². The fourth-order valence-electron chi connectivity index (χ4n) is 1.79. The molecule has 1 aromatic rings. The van der Waals surface area contributed by atoms with Crippen molar-refractivity contribution in [2.24, 2.45) is 0 Å². The monoisotopic (exact) mass is 150 g/mol. The van der Waals surface area contributed by atoms with Gasteiger partial charge in [-0.3, -0.25) is 0 Å². The molecule has 1 aliphatic rings. The minimum absolute atomic E-state index is 0.716. The molecule has 0 saturated carbocycles. The highest BCUT2D eigenvalue weighted by molar-refractivity contribution is 5.40. The van der Waals surface area contributed by atoms with E-state index < -0.39 is 0 Å². The molecule has 1 N–H and O–H groups in total. The number of rotatable bonds is 1. The molecular weight excluding hydrogens is 136 g/mol. The highest BCUT2D eigenvalue weighted by Crippen LogP contribution is 2.22. The molecule has 0 spiro atoms. The second kappa shape index (κ2) is 2.61. The number of nitrogens with one attached hydrogen (secondary N) is 1. The van der Waals surface area contributed by atoms with Crippen molar-refractivity contribution in [3.05, 3.63) is 18.3 Å². The van der Waals surface area contributed by atoms with Crippen LogP contribution in [0.25, 0.3) is 0 Å². The van der Waals surface area contributed by atoms with Crippen LogP contribution in [0.4, 0.5) is 5.82 Å². The van der Waals surface area contributed by atoms with E-state index in [9.17, 15) is 0 Å². The maximum absolute atomic E-state index is 3.24. The van der Waals surface area contributed by atoms with Crippen LogP contribution in [0.3, 0.4) is 0 Å². The summed E-state index contributed by atoms with van der Waals surface area (Å²) in [7, 11) is 0. The second-order valence-corrected chi connectivity index (χ2v) is 3.24. The molecular formula is C9H14N2. The average molecular weight is 150 g/mol. The summed E-state index contributed by atoms with van der Waals surface area (Å²) < 4.78 is 0. The Morgan fingerprint density at radius 3 is 3.09 bits per heavy atom. The van der Waals surface area contributed by atoms with Gasteiger partial charge in [0, 0.05) is 18.8 Å². The number of nitrogens with zero attached hydrogens (tertiary/aromatic N) is 1. The van der Waals surface area contributed by atoms with Gasteiger partial charge in [0.1, 0.15) is 5.82 Å². The Balaban J connectivity index is 2.16. The van der Waals surface area contributed by atoms with Crippen LogP contribution in [-0.4, -0.2) is 17.6 Å². The van der Waals surface area contributed by atoms with E-state index >= 15 is 0 Å². The first kappa shape index (κ1) is 6.77. The zero-order chi connectivity index (χ0) is 7.68. The van der Waals surface area contributed by atoms with Crippen molar-refractivity contribution in [3.8, 4) is 0 Å². The van der Waals surface area contributed by atoms with Gasteiger partial charge >= 0.3 is 0 Å². The molecule has 2 rings (SSSR count). The van der Waals surface area contributed by atoms with Gasteiger partial charge in [-0.25, -0.2) is 0 Å². The van der Waals surface area contributed by atoms with Crippen molar-refractivity contribution in [2.45, 2.75) is 25.8 Å². The van der Waals surface area contributed by atoms with E-state index in [2.05, 4.69) is 28.9 Å². The predicted octanol–water partition coefficient (Wildman–Crippen LogP) is 2.00. The lowest BCUT2D eigenvalue weighted by molar-refractivity contribution is 0.729. The number of aromatic amines is 1. The molecule has 2 nitrogen and oxygen atoms in total. The van der Waals surface area contributed by atoms with Gasteiger partial charge in [-0.15, -0.1) is 0 Å². The minimum atomic E-state index is 0.716. The Hall–Kier alpha value is -0.920. The molecule has 1 atom stereocenters. The maximum Gasteiger partial charge on any atom is 0.106 e. The molecule has 0 unspecified atom stereocenters. The van der Waals surface area contributed by atoms with Crippen LogP contribution in [0.15, 0.2) is 18.3 Å². The summed E-state index contributed by atoms with van der Waals surface area (Å²) in [5.41, 5.74) is 0. The zero-order valence-corrected chi connectivity index (χ0v) is 6.88. The Morgan fingerprint density at radius 2 is 2.55 bits per heavy atom. The summed E-state index contributed by atoms with van der Waals surface area (Å²) in [5, 5.41) is 0. The second-order valence-electron chi connectivity index (χ2n) is 3.24. The number of anilines is 1. The highest BCUT2D eigenvalue weighted by atomic mass is 15.2. The normalized spacial score (nSPS) is 24.5. The first-order chi connectivity index (χ1) is 5.38. The third-order valence-electron chi connectivity index (χ3n) is 2.44. The standard InChI is InChI=1S/C9H14N2/c1-8-4-3-7-11(8)9-5-2-6-10-9/h2,5-6,8,10H,3-4,7H2,1H3/t8-/m1/s1. The molecule has 0 radical (unpaired) electrons. The first-order valence-electron chi connectivity index (χ1n) is 4.28. The van der Waals surface area contributed by atoms with Gasteiger partial charge in [-0.2, -0.15) is 0 Å². The van der Waals surface area contributed by atoms with Gasteiger partial charge in [-0.05, 0) is 31.9 Å². The molecule has 2 heterocycles. The van der Waals surface area contributed by atoms with Gasteiger partial charge in [0.15, 0.2) is 0 Å². The predicted molar refractivity (Wildman–Crippen MR) is 46.8 cm³/mol. The summed E-state index contributed by atoms with van der Waals surface area (Å²) in [5.74, 6) is 1.27. The molecule has 1 fully saturated rings. The summed E-state index contributed by atoms with van der Waals surface area (Å²) in [6, 6.07) is 4.91. The Labute approximate surface area is 67.2 Å². The summed E-state index contributed by atoms with van der Waals surface area (Å²) >= 11 is 0. The number of hydrogen-bond donors (Lipinski definition) is 1. The molecule has 0 amide bonds. The minimum Gasteiger partial charge on any atom is -0.355 e. The van der Waals surface area contributed by atoms with Crippen LogP contribution < -0.4 is 4.90 Å². The molecule has 0 aromatic carbocycles. The number of aromatic nitrogens is 1. The molecule has 11 heavy (non-hydrogen) atoms. The van der Waals surface area contributed by atoms with Crippen molar-refractivity contribution in [3.63, 3.8) is 0 Å². The first-order valence-corrected chi connectivity index (χ1v) is 4.28. The third-order valence-corrected chi connectivity index (χ3v) is 2.44. The van der Waals surface area contributed by atoms with Crippen LogP contribution >= 0.6 is 0 Å². The van der Waals surface area contributed by atoms with E-state index in [1.54, 1.807) is 0 Å². The Kier molecular flexibility index (Phi) is 1.60. The SMILES string of the molecule is C[C@@H]1CCCN1c1ccc[nH]1. The zero-order valence-electron chi connectivity index (χ0n) is 6.88. The molecule has 1 aromatic heterocycles. The van der Waals surface area contributed by atoms with E-state index in [-0.39, 0.29) is 0 Å². The number of H-pyrrole nitrogens is 1. The van der Waals surface area contributed by atoms with E-state index in [0.717, 1.165) is 0 Å². The third kappa shape index (κ3) is 1.13. The lowest BCUT2D eigenvalue weighted by Crippen LogP contribution is -2.26. The number of hydrogen-bond acceptors (Lipinski definition) is 1. The van der Waals surface area contributed by atoms with Gasteiger partial charge < -0.3 is 9.88 Å². The molecule has 0 aliphatic carbocycles. The quantitative estimate of drug-likeness (QED) is 0.648. The smallest absolute Gasteiger partial charge is 0.106 e. The lowest BCUT2D eigenvalue weighted by atomic mass is 10.2. The van der Waals surface area contributed by atoms with Gasteiger partial charge in [0.05, 0.1) is 0 Å². The fourth-order valence-corrected chi connectivity index (χ4v) is 1.79.